The van der Waals surface area contributed by atoms with Crippen LogP contribution in [0.4, 0.5) is 5.69 Å². The van der Waals surface area contributed by atoms with E-state index in [0.717, 1.165) is 5.56 Å². The van der Waals surface area contributed by atoms with E-state index >= 15 is 0 Å². The monoisotopic (exact) mass is 328 g/mol. The second kappa shape index (κ2) is 8.21. The third-order valence-corrected chi connectivity index (χ3v) is 3.91. The summed E-state index contributed by atoms with van der Waals surface area (Å²) in [5.74, 6) is -0.0916. The lowest BCUT2D eigenvalue weighted by Gasteiger charge is -2.22. The SMILES string of the molecule is C[NH+](C)[C@H](CNC(=O)Cc1ccc([N+](=O)[O-])cc1)c1ccccc1. The Hall–Kier alpha value is -2.73. The molecule has 0 unspecified atom stereocenters. The highest BCUT2D eigenvalue weighted by Gasteiger charge is 2.18. The molecule has 2 rings (SSSR count). The first-order valence-corrected chi connectivity index (χ1v) is 7.82. The molecule has 126 valence electrons. The van der Waals surface area contributed by atoms with Crippen molar-refractivity contribution in [2.75, 3.05) is 20.6 Å². The highest BCUT2D eigenvalue weighted by Crippen LogP contribution is 2.12. The molecule has 0 aromatic heterocycles. The highest BCUT2D eigenvalue weighted by atomic mass is 16.6. The van der Waals surface area contributed by atoms with Gasteiger partial charge in [0.15, 0.2) is 0 Å². The first-order chi connectivity index (χ1) is 11.5. The summed E-state index contributed by atoms with van der Waals surface area (Å²) in [5.41, 5.74) is 1.96. The zero-order valence-corrected chi connectivity index (χ0v) is 13.9. The molecule has 2 aromatic carbocycles. The number of nitro benzene ring substituents is 1. The third kappa shape index (κ3) is 4.89. The number of nitrogens with zero attached hydrogens (tertiary/aromatic N) is 1. The van der Waals surface area contributed by atoms with Crippen molar-refractivity contribution in [3.8, 4) is 0 Å². The average Bonchev–Trinajstić information content (AvgIpc) is 2.56. The van der Waals surface area contributed by atoms with Crippen LogP contribution in [0.15, 0.2) is 54.6 Å². The number of rotatable bonds is 7. The normalized spacial score (nSPS) is 12.0. The minimum Gasteiger partial charge on any atom is -0.349 e. The van der Waals surface area contributed by atoms with Gasteiger partial charge in [-0.15, -0.1) is 0 Å². The van der Waals surface area contributed by atoms with Gasteiger partial charge in [-0.25, -0.2) is 0 Å². The summed E-state index contributed by atoms with van der Waals surface area (Å²) in [7, 11) is 4.11. The van der Waals surface area contributed by atoms with Crippen molar-refractivity contribution in [1.29, 1.82) is 0 Å². The highest BCUT2D eigenvalue weighted by molar-refractivity contribution is 5.78. The van der Waals surface area contributed by atoms with Crippen LogP contribution in [0, 0.1) is 10.1 Å². The van der Waals surface area contributed by atoms with Gasteiger partial charge in [0.25, 0.3) is 5.69 Å². The van der Waals surface area contributed by atoms with E-state index in [4.69, 9.17) is 0 Å². The Morgan fingerprint density at radius 1 is 1.12 bits per heavy atom. The van der Waals surface area contributed by atoms with E-state index in [1.807, 2.05) is 18.2 Å². The molecule has 1 amide bonds. The number of hydrogen-bond donors (Lipinski definition) is 2. The number of nitro groups is 1. The van der Waals surface area contributed by atoms with Crippen molar-refractivity contribution in [2.24, 2.45) is 0 Å². The van der Waals surface area contributed by atoms with Gasteiger partial charge in [0.05, 0.1) is 32.0 Å². The molecule has 1 atom stereocenters. The van der Waals surface area contributed by atoms with E-state index in [0.29, 0.717) is 6.54 Å². The number of hydrogen-bond acceptors (Lipinski definition) is 3. The van der Waals surface area contributed by atoms with Crippen LogP contribution < -0.4 is 10.2 Å². The van der Waals surface area contributed by atoms with Gasteiger partial charge in [-0.05, 0) is 5.56 Å². The molecule has 0 aliphatic carbocycles. The lowest BCUT2D eigenvalue weighted by molar-refractivity contribution is -0.890. The van der Waals surface area contributed by atoms with E-state index in [-0.39, 0.29) is 24.1 Å². The number of carbonyl (C=O) groups excluding carboxylic acids is 1. The smallest absolute Gasteiger partial charge is 0.269 e. The van der Waals surface area contributed by atoms with Gasteiger partial charge in [-0.3, -0.25) is 14.9 Å². The maximum atomic E-state index is 12.1. The molecular weight excluding hydrogens is 306 g/mol. The van der Waals surface area contributed by atoms with Crippen molar-refractivity contribution in [2.45, 2.75) is 12.5 Å². The standard InChI is InChI=1S/C18H21N3O3/c1-20(2)17(15-6-4-3-5-7-15)13-19-18(22)12-14-8-10-16(11-9-14)21(23)24/h3-11,17H,12-13H2,1-2H3,(H,19,22)/p+1/t17-/m1/s1. The Bertz CT molecular complexity index is 684. The number of nitrogens with one attached hydrogen (secondary N) is 2. The maximum Gasteiger partial charge on any atom is 0.269 e. The molecule has 2 N–H and O–H groups in total. The molecule has 0 saturated carbocycles. The molecule has 2 aromatic rings. The molecular formula is C18H22N3O3+. The Labute approximate surface area is 141 Å². The average molecular weight is 328 g/mol. The van der Waals surface area contributed by atoms with Crippen LogP contribution >= 0.6 is 0 Å². The fraction of sp³-hybridized carbons (Fsp3) is 0.278. The molecule has 0 heterocycles. The van der Waals surface area contributed by atoms with Crippen LogP contribution in [0.25, 0.3) is 0 Å². The summed E-state index contributed by atoms with van der Waals surface area (Å²) in [6, 6.07) is 16.3. The largest absolute Gasteiger partial charge is 0.349 e. The third-order valence-electron chi connectivity index (χ3n) is 3.91. The zero-order valence-electron chi connectivity index (χ0n) is 13.9. The molecule has 6 nitrogen and oxygen atoms in total. The summed E-state index contributed by atoms with van der Waals surface area (Å²) in [6.07, 6.45) is 0.211. The molecule has 0 bridgehead atoms. The van der Waals surface area contributed by atoms with Gasteiger partial charge in [0, 0.05) is 17.7 Å². The number of benzene rings is 2. The van der Waals surface area contributed by atoms with Crippen LogP contribution in [0.2, 0.25) is 0 Å². The van der Waals surface area contributed by atoms with Crippen molar-refractivity contribution >= 4 is 11.6 Å². The summed E-state index contributed by atoms with van der Waals surface area (Å²) >= 11 is 0. The van der Waals surface area contributed by atoms with Crippen molar-refractivity contribution in [1.82, 2.24) is 5.32 Å². The number of likely N-dealkylation sites (N-methyl/N-ethyl adjacent to an activating group) is 1. The van der Waals surface area contributed by atoms with Gasteiger partial charge in [-0.1, -0.05) is 42.5 Å². The van der Waals surface area contributed by atoms with Crippen LogP contribution in [0.5, 0.6) is 0 Å². The minimum atomic E-state index is -0.450. The second-order valence-corrected chi connectivity index (χ2v) is 5.95. The molecule has 0 saturated heterocycles. The van der Waals surface area contributed by atoms with Crippen molar-refractivity contribution in [3.63, 3.8) is 0 Å². The van der Waals surface area contributed by atoms with Crippen molar-refractivity contribution in [3.05, 3.63) is 75.8 Å². The number of amides is 1. The van der Waals surface area contributed by atoms with E-state index in [1.165, 1.54) is 22.6 Å². The van der Waals surface area contributed by atoms with Gasteiger partial charge >= 0.3 is 0 Å². The Kier molecular flexibility index (Phi) is 6.03. The summed E-state index contributed by atoms with van der Waals surface area (Å²) < 4.78 is 0. The Morgan fingerprint density at radius 2 is 1.75 bits per heavy atom. The fourth-order valence-electron chi connectivity index (χ4n) is 2.54. The van der Waals surface area contributed by atoms with Gasteiger partial charge in [-0.2, -0.15) is 0 Å². The molecule has 6 heteroatoms. The lowest BCUT2D eigenvalue weighted by atomic mass is 10.1. The number of carbonyl (C=O) groups is 1. The van der Waals surface area contributed by atoms with E-state index in [2.05, 4.69) is 31.5 Å². The molecule has 24 heavy (non-hydrogen) atoms. The quantitative estimate of drug-likeness (QED) is 0.591. The predicted octanol–water partition coefficient (Wildman–Crippen LogP) is 1.14. The van der Waals surface area contributed by atoms with Gasteiger partial charge < -0.3 is 10.2 Å². The fourth-order valence-corrected chi connectivity index (χ4v) is 2.54. The second-order valence-electron chi connectivity index (χ2n) is 5.95. The molecule has 0 aliphatic rings. The van der Waals surface area contributed by atoms with Crippen LogP contribution in [0.1, 0.15) is 17.2 Å². The summed E-state index contributed by atoms with van der Waals surface area (Å²) in [6.45, 7) is 0.540. The topological polar surface area (TPSA) is 76.7 Å². The lowest BCUT2D eigenvalue weighted by Crippen LogP contribution is -3.07. The Balaban J connectivity index is 1.92. The molecule has 0 fully saturated rings. The summed E-state index contributed by atoms with van der Waals surface area (Å²) in [4.78, 5) is 23.6. The van der Waals surface area contributed by atoms with E-state index in [9.17, 15) is 14.9 Å². The number of non-ortho nitro benzene ring substituents is 1. The Morgan fingerprint density at radius 3 is 2.29 bits per heavy atom. The van der Waals surface area contributed by atoms with E-state index in [1.54, 1.807) is 12.1 Å². The zero-order chi connectivity index (χ0) is 17.5. The molecule has 0 radical (unpaired) electrons. The van der Waals surface area contributed by atoms with Crippen LogP contribution in [-0.2, 0) is 11.2 Å². The first-order valence-electron chi connectivity index (χ1n) is 7.82. The maximum absolute atomic E-state index is 12.1. The van der Waals surface area contributed by atoms with Crippen LogP contribution in [-0.4, -0.2) is 31.5 Å². The van der Waals surface area contributed by atoms with Gasteiger partial charge in [0.2, 0.25) is 5.91 Å². The van der Waals surface area contributed by atoms with Gasteiger partial charge in [0.1, 0.15) is 6.04 Å². The van der Waals surface area contributed by atoms with Crippen molar-refractivity contribution < 1.29 is 14.6 Å². The predicted molar refractivity (Wildman–Crippen MR) is 91.8 cm³/mol. The molecule has 0 aliphatic heterocycles. The minimum absolute atomic E-state index is 0.0273. The number of quaternary nitrogens is 1. The van der Waals surface area contributed by atoms with Crippen LogP contribution in [0.3, 0.4) is 0 Å². The first kappa shape index (κ1) is 17.6. The molecule has 0 spiro atoms. The van der Waals surface area contributed by atoms with E-state index < -0.39 is 4.92 Å². The summed E-state index contributed by atoms with van der Waals surface area (Å²) in [5, 5.41) is 13.6.